The van der Waals surface area contributed by atoms with E-state index in [9.17, 15) is 4.79 Å². The molecule has 0 aromatic heterocycles. The Hall–Kier alpha value is -1.04. The van der Waals surface area contributed by atoms with Crippen molar-refractivity contribution in [2.24, 2.45) is 11.1 Å². The van der Waals surface area contributed by atoms with Crippen LogP contribution in [0.4, 0.5) is 5.69 Å². The Labute approximate surface area is 137 Å². The summed E-state index contributed by atoms with van der Waals surface area (Å²) in [5, 5.41) is 3.01. The first-order valence-corrected chi connectivity index (χ1v) is 8.55. The van der Waals surface area contributed by atoms with Gasteiger partial charge in [-0.15, -0.1) is 11.8 Å². The van der Waals surface area contributed by atoms with Gasteiger partial charge in [-0.3, -0.25) is 4.79 Å². The highest BCUT2D eigenvalue weighted by atomic mass is 32.2. The van der Waals surface area contributed by atoms with Crippen LogP contribution in [0.5, 0.6) is 0 Å². The largest absolute Gasteiger partial charge is 0.381 e. The molecule has 1 saturated heterocycles. The van der Waals surface area contributed by atoms with Gasteiger partial charge in [-0.1, -0.05) is 20.8 Å². The fraction of sp³-hybridized carbons (Fsp3) is 0.588. The van der Waals surface area contributed by atoms with Crippen LogP contribution >= 0.6 is 11.8 Å². The summed E-state index contributed by atoms with van der Waals surface area (Å²) in [6.45, 7) is 8.12. The minimum Gasteiger partial charge on any atom is -0.381 e. The third-order valence-electron chi connectivity index (χ3n) is 3.86. The van der Waals surface area contributed by atoms with Crippen molar-refractivity contribution in [1.29, 1.82) is 0 Å². The maximum atomic E-state index is 12.6. The number of carbonyl (C=O) groups is 1. The fourth-order valence-electron chi connectivity index (χ4n) is 2.51. The molecule has 1 aromatic rings. The molecular formula is C17H26N2O2S. The SMILES string of the molecule is CC(C)(C)Sc1ccc(NC(=O)C2(CN)CCOCC2)cc1. The maximum Gasteiger partial charge on any atom is 0.232 e. The van der Waals surface area contributed by atoms with Crippen LogP contribution in [0.1, 0.15) is 33.6 Å². The van der Waals surface area contributed by atoms with E-state index in [4.69, 9.17) is 10.5 Å². The second-order valence-corrected chi connectivity index (χ2v) is 8.69. The third kappa shape index (κ3) is 4.48. The molecule has 0 atom stereocenters. The first-order chi connectivity index (χ1) is 10.3. The molecule has 0 spiro atoms. The van der Waals surface area contributed by atoms with Gasteiger partial charge in [0.2, 0.25) is 5.91 Å². The van der Waals surface area contributed by atoms with Gasteiger partial charge >= 0.3 is 0 Å². The van der Waals surface area contributed by atoms with E-state index in [0.29, 0.717) is 32.6 Å². The molecule has 1 aliphatic rings. The summed E-state index contributed by atoms with van der Waals surface area (Å²) in [5.41, 5.74) is 6.20. The molecule has 0 unspecified atom stereocenters. The third-order valence-corrected chi connectivity index (χ3v) is 4.98. The normalized spacial score (nSPS) is 18.0. The van der Waals surface area contributed by atoms with Crippen molar-refractivity contribution in [3.8, 4) is 0 Å². The predicted molar refractivity (Wildman–Crippen MR) is 92.2 cm³/mol. The molecule has 22 heavy (non-hydrogen) atoms. The Morgan fingerprint density at radius 1 is 1.27 bits per heavy atom. The van der Waals surface area contributed by atoms with Crippen molar-refractivity contribution in [1.82, 2.24) is 0 Å². The van der Waals surface area contributed by atoms with Crippen LogP contribution in [0.25, 0.3) is 0 Å². The zero-order chi connectivity index (χ0) is 16.2. The summed E-state index contributed by atoms with van der Waals surface area (Å²) < 4.78 is 5.53. The highest BCUT2D eigenvalue weighted by Gasteiger charge is 2.38. The van der Waals surface area contributed by atoms with Crippen LogP contribution in [0.2, 0.25) is 0 Å². The monoisotopic (exact) mass is 322 g/mol. The lowest BCUT2D eigenvalue weighted by Crippen LogP contribution is -2.46. The molecular weight excluding hydrogens is 296 g/mol. The van der Waals surface area contributed by atoms with Gasteiger partial charge < -0.3 is 15.8 Å². The summed E-state index contributed by atoms with van der Waals surface area (Å²) in [4.78, 5) is 13.8. The van der Waals surface area contributed by atoms with Crippen molar-refractivity contribution < 1.29 is 9.53 Å². The van der Waals surface area contributed by atoms with E-state index < -0.39 is 5.41 Å². The van der Waals surface area contributed by atoms with Gasteiger partial charge in [-0.2, -0.15) is 0 Å². The lowest BCUT2D eigenvalue weighted by Gasteiger charge is -2.34. The minimum atomic E-state index is -0.489. The number of anilines is 1. The number of thioether (sulfide) groups is 1. The molecule has 0 saturated carbocycles. The van der Waals surface area contributed by atoms with E-state index in [1.165, 1.54) is 4.90 Å². The summed E-state index contributed by atoms with van der Waals surface area (Å²) in [5.74, 6) is 0.00882. The minimum absolute atomic E-state index is 0.00882. The summed E-state index contributed by atoms with van der Waals surface area (Å²) in [6.07, 6.45) is 1.38. The molecule has 2 rings (SSSR count). The fourth-order valence-corrected chi connectivity index (χ4v) is 3.49. The molecule has 1 amide bonds. The van der Waals surface area contributed by atoms with Crippen LogP contribution in [-0.4, -0.2) is 30.4 Å². The first kappa shape index (κ1) is 17.3. The van der Waals surface area contributed by atoms with Crippen molar-refractivity contribution in [3.63, 3.8) is 0 Å². The van der Waals surface area contributed by atoms with E-state index in [0.717, 1.165) is 5.69 Å². The number of amides is 1. The first-order valence-electron chi connectivity index (χ1n) is 7.73. The van der Waals surface area contributed by atoms with Crippen molar-refractivity contribution in [3.05, 3.63) is 24.3 Å². The molecule has 0 bridgehead atoms. The summed E-state index contributed by atoms with van der Waals surface area (Å²) in [6, 6.07) is 8.00. The maximum absolute atomic E-state index is 12.6. The second kappa shape index (κ2) is 7.02. The van der Waals surface area contributed by atoms with Crippen LogP contribution in [0, 0.1) is 5.41 Å². The van der Waals surface area contributed by atoms with Crippen LogP contribution in [0.3, 0.4) is 0 Å². The predicted octanol–water partition coefficient (Wildman–Crippen LogP) is 3.27. The topological polar surface area (TPSA) is 64.4 Å². The highest BCUT2D eigenvalue weighted by molar-refractivity contribution is 8.00. The van der Waals surface area contributed by atoms with E-state index in [1.807, 2.05) is 36.0 Å². The van der Waals surface area contributed by atoms with Crippen molar-refractivity contribution >= 4 is 23.4 Å². The van der Waals surface area contributed by atoms with Gasteiger partial charge in [-0.05, 0) is 37.1 Å². The molecule has 1 aliphatic heterocycles. The molecule has 5 heteroatoms. The van der Waals surface area contributed by atoms with Gasteiger partial charge in [-0.25, -0.2) is 0 Å². The van der Waals surface area contributed by atoms with E-state index in [1.54, 1.807) is 0 Å². The number of carbonyl (C=O) groups excluding carboxylic acids is 1. The number of hydrogen-bond acceptors (Lipinski definition) is 4. The van der Waals surface area contributed by atoms with Gasteiger partial charge in [0.15, 0.2) is 0 Å². The smallest absolute Gasteiger partial charge is 0.232 e. The molecule has 122 valence electrons. The van der Waals surface area contributed by atoms with Crippen molar-refractivity contribution in [2.45, 2.75) is 43.3 Å². The Bertz CT molecular complexity index is 502. The summed E-state index contributed by atoms with van der Waals surface area (Å²) >= 11 is 1.81. The number of benzene rings is 1. The van der Waals surface area contributed by atoms with E-state index >= 15 is 0 Å². The average molecular weight is 322 g/mol. The second-order valence-electron chi connectivity index (χ2n) is 6.79. The van der Waals surface area contributed by atoms with Gasteiger partial charge in [0.25, 0.3) is 0 Å². The molecule has 4 nitrogen and oxygen atoms in total. The molecule has 0 aliphatic carbocycles. The average Bonchev–Trinajstić information content (AvgIpc) is 2.48. The number of hydrogen-bond donors (Lipinski definition) is 2. The Morgan fingerprint density at radius 3 is 2.36 bits per heavy atom. The van der Waals surface area contributed by atoms with Gasteiger partial charge in [0, 0.05) is 35.1 Å². The standard InChI is InChI=1S/C17H26N2O2S/c1-16(2,3)22-14-6-4-13(5-7-14)19-15(20)17(12-18)8-10-21-11-9-17/h4-7H,8-12,18H2,1-3H3,(H,19,20). The number of nitrogens with one attached hydrogen (secondary N) is 1. The van der Waals surface area contributed by atoms with E-state index in [-0.39, 0.29) is 10.7 Å². The lowest BCUT2D eigenvalue weighted by atomic mass is 9.79. The number of ether oxygens (including phenoxy) is 1. The molecule has 1 aromatic carbocycles. The van der Waals surface area contributed by atoms with Crippen LogP contribution in [-0.2, 0) is 9.53 Å². The lowest BCUT2D eigenvalue weighted by molar-refractivity contribution is -0.130. The quantitative estimate of drug-likeness (QED) is 0.835. The molecule has 1 heterocycles. The summed E-state index contributed by atoms with van der Waals surface area (Å²) in [7, 11) is 0. The van der Waals surface area contributed by atoms with Crippen LogP contribution in [0.15, 0.2) is 29.2 Å². The van der Waals surface area contributed by atoms with Gasteiger partial charge in [0.05, 0.1) is 5.41 Å². The number of rotatable bonds is 4. The Balaban J connectivity index is 2.02. The van der Waals surface area contributed by atoms with Crippen LogP contribution < -0.4 is 11.1 Å². The molecule has 1 fully saturated rings. The van der Waals surface area contributed by atoms with E-state index in [2.05, 4.69) is 26.1 Å². The Morgan fingerprint density at radius 2 is 1.86 bits per heavy atom. The zero-order valence-corrected chi connectivity index (χ0v) is 14.5. The van der Waals surface area contributed by atoms with Gasteiger partial charge in [0.1, 0.15) is 0 Å². The highest BCUT2D eigenvalue weighted by Crippen LogP contribution is 2.33. The molecule has 3 N–H and O–H groups in total. The van der Waals surface area contributed by atoms with Crippen molar-refractivity contribution in [2.75, 3.05) is 25.1 Å². The zero-order valence-electron chi connectivity index (χ0n) is 13.6. The Kier molecular flexibility index (Phi) is 5.53. The molecule has 0 radical (unpaired) electrons. The number of nitrogens with two attached hydrogens (primary N) is 1.